The van der Waals surface area contributed by atoms with E-state index in [0.717, 1.165) is 16.6 Å². The Labute approximate surface area is 168 Å². The predicted molar refractivity (Wildman–Crippen MR) is 111 cm³/mol. The lowest BCUT2D eigenvalue weighted by atomic mass is 10.1. The number of sulfone groups is 1. The SMILES string of the molecule is O=C(CSc1nc2ccccc2[nH]1)N(Cc1ccccc1)[C@H]1CCS(=O)(=O)C1. The molecular weight excluding hydrogens is 394 g/mol. The Balaban J connectivity index is 1.49. The fourth-order valence-corrected chi connectivity index (χ4v) is 5.93. The van der Waals surface area contributed by atoms with E-state index >= 15 is 0 Å². The highest BCUT2D eigenvalue weighted by molar-refractivity contribution is 7.99. The van der Waals surface area contributed by atoms with Crippen molar-refractivity contribution in [3.8, 4) is 0 Å². The summed E-state index contributed by atoms with van der Waals surface area (Å²) in [7, 11) is -3.07. The van der Waals surface area contributed by atoms with Crippen LogP contribution in [0.4, 0.5) is 0 Å². The van der Waals surface area contributed by atoms with Gasteiger partial charge in [0.15, 0.2) is 15.0 Å². The number of benzene rings is 2. The summed E-state index contributed by atoms with van der Waals surface area (Å²) in [5, 5.41) is 0.688. The highest BCUT2D eigenvalue weighted by Crippen LogP contribution is 2.24. The lowest BCUT2D eigenvalue weighted by molar-refractivity contribution is -0.130. The van der Waals surface area contributed by atoms with Crippen molar-refractivity contribution in [1.82, 2.24) is 14.9 Å². The van der Waals surface area contributed by atoms with Crippen molar-refractivity contribution in [2.24, 2.45) is 0 Å². The van der Waals surface area contributed by atoms with Gasteiger partial charge in [0.25, 0.3) is 0 Å². The number of carbonyl (C=O) groups is 1. The normalized spacial score (nSPS) is 18.4. The second kappa shape index (κ2) is 7.97. The number of hydrogen-bond acceptors (Lipinski definition) is 5. The smallest absolute Gasteiger partial charge is 0.233 e. The number of H-pyrrole nitrogens is 1. The summed E-state index contributed by atoms with van der Waals surface area (Å²) in [6.07, 6.45) is 0.496. The zero-order valence-electron chi connectivity index (χ0n) is 15.2. The molecule has 0 aliphatic carbocycles. The fraction of sp³-hybridized carbons (Fsp3) is 0.300. The number of aromatic nitrogens is 2. The first-order chi connectivity index (χ1) is 13.5. The number of nitrogens with one attached hydrogen (secondary N) is 1. The predicted octanol–water partition coefficient (Wildman–Crippen LogP) is 2.87. The van der Waals surface area contributed by atoms with Gasteiger partial charge in [-0.15, -0.1) is 0 Å². The van der Waals surface area contributed by atoms with Gasteiger partial charge in [-0.2, -0.15) is 0 Å². The van der Waals surface area contributed by atoms with Crippen LogP contribution in [-0.2, 0) is 21.2 Å². The number of rotatable bonds is 6. The van der Waals surface area contributed by atoms with E-state index in [1.165, 1.54) is 11.8 Å². The summed E-state index contributed by atoms with van der Waals surface area (Å²) in [5.74, 6) is 0.327. The van der Waals surface area contributed by atoms with Crippen LogP contribution >= 0.6 is 11.8 Å². The summed E-state index contributed by atoms with van der Waals surface area (Å²) < 4.78 is 23.9. The molecule has 0 spiro atoms. The second-order valence-electron chi connectivity index (χ2n) is 6.91. The molecule has 8 heteroatoms. The number of amides is 1. The maximum absolute atomic E-state index is 13.0. The fourth-order valence-electron chi connectivity index (χ4n) is 3.43. The summed E-state index contributed by atoms with van der Waals surface area (Å²) in [5.41, 5.74) is 2.79. The van der Waals surface area contributed by atoms with Crippen LogP contribution in [0, 0.1) is 0 Å². The minimum Gasteiger partial charge on any atom is -0.334 e. The topological polar surface area (TPSA) is 83.1 Å². The van der Waals surface area contributed by atoms with Gasteiger partial charge in [0.2, 0.25) is 5.91 Å². The van der Waals surface area contributed by atoms with Crippen molar-refractivity contribution in [3.63, 3.8) is 0 Å². The van der Waals surface area contributed by atoms with Crippen LogP contribution in [0.3, 0.4) is 0 Å². The van der Waals surface area contributed by atoms with Gasteiger partial charge in [0.1, 0.15) is 0 Å². The molecule has 0 saturated carbocycles. The summed E-state index contributed by atoms with van der Waals surface area (Å²) >= 11 is 1.34. The van der Waals surface area contributed by atoms with E-state index in [1.54, 1.807) is 4.90 Å². The van der Waals surface area contributed by atoms with E-state index in [0.29, 0.717) is 18.1 Å². The summed E-state index contributed by atoms with van der Waals surface area (Å²) in [6.45, 7) is 0.417. The molecular formula is C20H21N3O3S2. The van der Waals surface area contributed by atoms with Gasteiger partial charge in [0, 0.05) is 12.6 Å². The minimum absolute atomic E-state index is 0.0425. The Morgan fingerprint density at radius 3 is 2.61 bits per heavy atom. The average molecular weight is 416 g/mol. The highest BCUT2D eigenvalue weighted by Gasteiger charge is 2.34. The standard InChI is InChI=1S/C20H21N3O3S2/c24-19(13-27-20-21-17-8-4-5-9-18(17)22-20)23(12-15-6-2-1-3-7-15)16-10-11-28(25,26)14-16/h1-9,16H,10-14H2,(H,21,22)/t16-/m0/s1. The Morgan fingerprint density at radius 1 is 1.14 bits per heavy atom. The van der Waals surface area contributed by atoms with Crippen LogP contribution in [0.1, 0.15) is 12.0 Å². The first kappa shape index (κ1) is 19.0. The average Bonchev–Trinajstić information content (AvgIpc) is 3.27. The molecule has 2 heterocycles. The second-order valence-corrected chi connectivity index (χ2v) is 10.1. The third kappa shape index (κ3) is 4.39. The van der Waals surface area contributed by atoms with Gasteiger partial charge < -0.3 is 9.88 Å². The first-order valence-electron chi connectivity index (χ1n) is 9.11. The van der Waals surface area contributed by atoms with E-state index in [1.807, 2.05) is 54.6 Å². The van der Waals surface area contributed by atoms with Crippen molar-refractivity contribution in [1.29, 1.82) is 0 Å². The molecule has 146 valence electrons. The van der Waals surface area contributed by atoms with E-state index in [4.69, 9.17) is 0 Å². The molecule has 28 heavy (non-hydrogen) atoms. The molecule has 0 bridgehead atoms. The van der Waals surface area contributed by atoms with E-state index in [9.17, 15) is 13.2 Å². The van der Waals surface area contributed by atoms with Gasteiger partial charge in [-0.3, -0.25) is 4.79 Å². The lowest BCUT2D eigenvalue weighted by Crippen LogP contribution is -2.41. The molecule has 1 atom stereocenters. The van der Waals surface area contributed by atoms with E-state index in [2.05, 4.69) is 9.97 Å². The number of imidazole rings is 1. The Bertz CT molecular complexity index is 1050. The minimum atomic E-state index is -3.07. The zero-order valence-corrected chi connectivity index (χ0v) is 16.9. The third-order valence-electron chi connectivity index (χ3n) is 4.87. The van der Waals surface area contributed by atoms with Gasteiger partial charge in [-0.25, -0.2) is 13.4 Å². The maximum Gasteiger partial charge on any atom is 0.233 e. The van der Waals surface area contributed by atoms with Crippen molar-refractivity contribution in [2.45, 2.75) is 24.2 Å². The van der Waals surface area contributed by atoms with Crippen LogP contribution in [0.15, 0.2) is 59.8 Å². The van der Waals surface area contributed by atoms with Crippen molar-refractivity contribution in [3.05, 3.63) is 60.2 Å². The monoisotopic (exact) mass is 415 g/mol. The summed E-state index contributed by atoms with van der Waals surface area (Å²) in [4.78, 5) is 22.4. The number of hydrogen-bond donors (Lipinski definition) is 1. The Hall–Kier alpha value is -2.32. The first-order valence-corrected chi connectivity index (χ1v) is 11.9. The molecule has 0 unspecified atom stereocenters. The lowest BCUT2D eigenvalue weighted by Gasteiger charge is -2.28. The number of carbonyl (C=O) groups excluding carboxylic acids is 1. The largest absolute Gasteiger partial charge is 0.334 e. The van der Waals surface area contributed by atoms with Gasteiger partial charge in [-0.05, 0) is 24.1 Å². The molecule has 1 saturated heterocycles. The Morgan fingerprint density at radius 2 is 1.89 bits per heavy atom. The quantitative estimate of drug-likeness (QED) is 0.626. The van der Waals surface area contributed by atoms with Crippen LogP contribution < -0.4 is 0 Å². The molecule has 2 aromatic carbocycles. The number of para-hydroxylation sites is 2. The molecule has 1 aliphatic rings. The zero-order chi connectivity index (χ0) is 19.6. The molecule has 4 rings (SSSR count). The molecule has 1 N–H and O–H groups in total. The molecule has 1 aromatic heterocycles. The van der Waals surface area contributed by atoms with Gasteiger partial charge in [-0.1, -0.05) is 54.2 Å². The number of aromatic amines is 1. The van der Waals surface area contributed by atoms with Crippen LogP contribution in [0.5, 0.6) is 0 Å². The molecule has 3 aromatic rings. The van der Waals surface area contributed by atoms with Crippen molar-refractivity contribution < 1.29 is 13.2 Å². The van der Waals surface area contributed by atoms with Crippen molar-refractivity contribution >= 4 is 38.5 Å². The van der Waals surface area contributed by atoms with Gasteiger partial charge >= 0.3 is 0 Å². The highest BCUT2D eigenvalue weighted by atomic mass is 32.2. The van der Waals surface area contributed by atoms with Crippen LogP contribution in [0.25, 0.3) is 11.0 Å². The number of nitrogens with zero attached hydrogens (tertiary/aromatic N) is 2. The van der Waals surface area contributed by atoms with Crippen LogP contribution in [0.2, 0.25) is 0 Å². The van der Waals surface area contributed by atoms with E-state index in [-0.39, 0.29) is 29.2 Å². The molecule has 1 amide bonds. The third-order valence-corrected chi connectivity index (χ3v) is 7.47. The molecule has 1 fully saturated rings. The number of fused-ring (bicyclic) bond motifs is 1. The maximum atomic E-state index is 13.0. The summed E-state index contributed by atoms with van der Waals surface area (Å²) in [6, 6.07) is 17.1. The molecule has 1 aliphatic heterocycles. The molecule has 6 nitrogen and oxygen atoms in total. The number of thioether (sulfide) groups is 1. The van der Waals surface area contributed by atoms with Crippen LogP contribution in [-0.4, -0.2) is 52.5 Å². The van der Waals surface area contributed by atoms with E-state index < -0.39 is 9.84 Å². The molecule has 0 radical (unpaired) electrons. The Kier molecular flexibility index (Phi) is 5.41. The van der Waals surface area contributed by atoms with Gasteiger partial charge in [0.05, 0.1) is 28.3 Å². The van der Waals surface area contributed by atoms with Crippen molar-refractivity contribution in [2.75, 3.05) is 17.3 Å².